The first-order chi connectivity index (χ1) is 37.5. The van der Waals surface area contributed by atoms with E-state index in [1.807, 2.05) is 66.7 Å². The Morgan fingerprint density at radius 1 is 0.316 bits per heavy atom. The summed E-state index contributed by atoms with van der Waals surface area (Å²) in [5.74, 6) is 0. The molecule has 0 radical (unpaired) electrons. The topological polar surface area (TPSA) is 14.8 Å². The number of hydrogen-bond acceptors (Lipinski definition) is 0. The summed E-state index contributed by atoms with van der Waals surface area (Å²) < 4.78 is 207. The molecule has 0 fully saturated rings. The highest BCUT2D eigenvalue weighted by Crippen LogP contribution is 2.42. The van der Waals surface area contributed by atoms with Crippen LogP contribution in [0, 0.1) is 0 Å². The highest BCUT2D eigenvalue weighted by Gasteiger charge is 2.22. The Labute approximate surface area is 360 Å². The minimum Gasteiger partial charge on any atom is -0.309 e. The lowest BCUT2D eigenvalue weighted by Gasteiger charge is -2.17. The summed E-state index contributed by atoms with van der Waals surface area (Å²) in [7, 11) is 0. The van der Waals surface area contributed by atoms with Crippen molar-refractivity contribution < 1.29 is 30.2 Å². The van der Waals surface area contributed by atoms with Crippen LogP contribution in [0.15, 0.2) is 212 Å². The third kappa shape index (κ3) is 4.79. The number of hydrogen-bond donors (Lipinski definition) is 0. The maximum absolute atomic E-state index is 10.2. The molecule has 12 rings (SSSR count). The Balaban J connectivity index is 1.35. The molecule has 0 aliphatic rings. The SMILES string of the molecule is [2H]c1c([2H])c([2H])c2c(c1[2H])c1c([2H])c([2H])c([2H])c(-n3c4c([2H])c([2H])c([2H])c([2H])c4c4c([2H])c(-n5c6c([2H])c([2H])c([2H])c([2H])c6c6c([2H])c([2H])c([2H])c([2H])c65)c([2H])c([2H])c43)c1n2-c1cc(-c2ccccc2)cc(-c2ccccc2)c1. The Morgan fingerprint density at radius 3 is 1.35 bits per heavy atom. The molecule has 3 heterocycles. The smallest absolute Gasteiger partial charge is 0.0782 e. The van der Waals surface area contributed by atoms with Crippen molar-refractivity contribution in [2.75, 3.05) is 0 Å². The first-order valence-electron chi connectivity index (χ1n) is 28.8. The van der Waals surface area contributed by atoms with Gasteiger partial charge in [-0.15, -0.1) is 0 Å². The molecule has 266 valence electrons. The maximum Gasteiger partial charge on any atom is 0.0782 e. The average molecular weight is 748 g/mol. The molecule has 0 bridgehead atoms. The van der Waals surface area contributed by atoms with Gasteiger partial charge in [-0.3, -0.25) is 0 Å². The molecule has 0 amide bonds. The number of nitrogens with zero attached hydrogens (tertiary/aromatic N) is 3. The van der Waals surface area contributed by atoms with Crippen LogP contribution in [0.4, 0.5) is 0 Å². The molecule has 9 aromatic carbocycles. The van der Waals surface area contributed by atoms with Gasteiger partial charge in [0, 0.05) is 43.7 Å². The first kappa shape index (κ1) is 17.0. The fraction of sp³-hybridized carbons (Fsp3) is 0. The zero-order valence-electron chi connectivity index (χ0n) is 51.3. The summed E-state index contributed by atoms with van der Waals surface area (Å²) in [5, 5.41) is -2.36. The van der Waals surface area contributed by atoms with Crippen LogP contribution in [0.5, 0.6) is 0 Å². The van der Waals surface area contributed by atoms with E-state index in [4.69, 9.17) is 16.4 Å². The Morgan fingerprint density at radius 2 is 0.772 bits per heavy atom. The molecule has 3 aromatic heterocycles. The minimum atomic E-state index is -0.926. The van der Waals surface area contributed by atoms with Crippen LogP contribution in [0.2, 0.25) is 0 Å². The predicted molar refractivity (Wildman–Crippen MR) is 240 cm³/mol. The van der Waals surface area contributed by atoms with Crippen LogP contribution in [0.3, 0.4) is 0 Å². The number of para-hydroxylation sites is 5. The molecule has 0 aliphatic carbocycles. The Bertz CT molecular complexity index is 4660. The average Bonchev–Trinajstić information content (AvgIpc) is 2.59. The monoisotopic (exact) mass is 747 g/mol. The number of aromatic nitrogens is 3. The fourth-order valence-electron chi connectivity index (χ4n) is 7.79. The largest absolute Gasteiger partial charge is 0.309 e. The molecule has 0 aliphatic heterocycles. The zero-order valence-corrected chi connectivity index (χ0v) is 29.3. The molecule has 0 spiro atoms. The second-order valence-electron chi connectivity index (χ2n) is 13.3. The summed E-state index contributed by atoms with van der Waals surface area (Å²) in [6.07, 6.45) is 0. The Hall–Kier alpha value is -7.62. The van der Waals surface area contributed by atoms with Crippen molar-refractivity contribution in [3.8, 4) is 39.3 Å². The van der Waals surface area contributed by atoms with Gasteiger partial charge in [-0.05, 0) is 88.8 Å². The van der Waals surface area contributed by atoms with Gasteiger partial charge in [-0.25, -0.2) is 0 Å². The lowest BCUT2D eigenvalue weighted by molar-refractivity contribution is 1.13. The third-order valence-electron chi connectivity index (χ3n) is 10.2. The molecule has 3 nitrogen and oxygen atoms in total. The molecular formula is C54H35N3. The Kier molecular flexibility index (Phi) is 3.72. The second kappa shape index (κ2) is 12.5. The second-order valence-corrected chi connectivity index (χ2v) is 13.3. The van der Waals surface area contributed by atoms with Crippen molar-refractivity contribution >= 4 is 65.4 Å². The summed E-state index contributed by atoms with van der Waals surface area (Å²) in [6.45, 7) is 0. The van der Waals surface area contributed by atoms with Crippen LogP contribution in [-0.2, 0) is 0 Å². The van der Waals surface area contributed by atoms with Crippen molar-refractivity contribution in [2.45, 2.75) is 0 Å². The van der Waals surface area contributed by atoms with E-state index >= 15 is 0 Å². The molecule has 3 heteroatoms. The van der Waals surface area contributed by atoms with Gasteiger partial charge in [0.05, 0.1) is 68.9 Å². The van der Waals surface area contributed by atoms with E-state index in [9.17, 15) is 13.7 Å². The van der Waals surface area contributed by atoms with Gasteiger partial charge in [0.25, 0.3) is 0 Å². The number of rotatable bonds is 5. The lowest BCUT2D eigenvalue weighted by Crippen LogP contribution is -2.01. The zero-order chi connectivity index (χ0) is 56.6. The lowest BCUT2D eigenvalue weighted by atomic mass is 9.98. The molecule has 0 atom stereocenters. The normalized spacial score (nSPS) is 17.3. The highest BCUT2D eigenvalue weighted by molar-refractivity contribution is 6.16. The quantitative estimate of drug-likeness (QED) is 0.167. The molecule has 12 aromatic rings. The number of fused-ring (bicyclic) bond motifs is 9. The van der Waals surface area contributed by atoms with Gasteiger partial charge in [0.15, 0.2) is 0 Å². The van der Waals surface area contributed by atoms with E-state index in [0.29, 0.717) is 22.3 Å². The number of benzene rings is 9. The van der Waals surface area contributed by atoms with E-state index in [-0.39, 0.29) is 27.5 Å². The minimum absolute atomic E-state index is 0.196. The van der Waals surface area contributed by atoms with Crippen LogP contribution in [0.25, 0.3) is 105 Å². The molecule has 0 unspecified atom stereocenters. The van der Waals surface area contributed by atoms with Crippen LogP contribution in [-0.4, -0.2) is 13.7 Å². The van der Waals surface area contributed by atoms with Crippen LogP contribution in [0.1, 0.15) is 30.2 Å². The van der Waals surface area contributed by atoms with Crippen molar-refractivity contribution in [1.82, 2.24) is 13.7 Å². The molecular weight excluding hydrogens is 691 g/mol. The van der Waals surface area contributed by atoms with Crippen molar-refractivity contribution in [1.29, 1.82) is 0 Å². The summed E-state index contributed by atoms with van der Waals surface area (Å²) >= 11 is 0. The van der Waals surface area contributed by atoms with E-state index in [1.54, 1.807) is 12.1 Å². The van der Waals surface area contributed by atoms with Crippen molar-refractivity contribution in [3.63, 3.8) is 0 Å². The van der Waals surface area contributed by atoms with Crippen molar-refractivity contribution in [3.05, 3.63) is 212 Å². The maximum atomic E-state index is 10.2. The molecule has 0 saturated carbocycles. The van der Waals surface area contributed by atoms with Gasteiger partial charge in [-0.2, -0.15) is 0 Å². The summed E-state index contributed by atoms with van der Waals surface area (Å²) in [6, 6.07) is 6.67. The molecule has 0 saturated heterocycles. The molecule has 0 N–H and O–H groups in total. The first-order valence-corrected chi connectivity index (χ1v) is 17.8. The fourth-order valence-corrected chi connectivity index (χ4v) is 7.79. The van der Waals surface area contributed by atoms with Crippen molar-refractivity contribution in [2.24, 2.45) is 0 Å². The van der Waals surface area contributed by atoms with Crippen LogP contribution < -0.4 is 0 Å². The molecule has 57 heavy (non-hydrogen) atoms. The predicted octanol–water partition coefficient (Wildman–Crippen LogP) is 14.3. The van der Waals surface area contributed by atoms with Gasteiger partial charge in [-0.1, -0.05) is 145 Å². The summed E-state index contributed by atoms with van der Waals surface area (Å²) in [4.78, 5) is 0. The van der Waals surface area contributed by atoms with E-state index in [2.05, 4.69) is 0 Å². The standard InChI is InChI=1S/C54H35N3/c1-3-16-36(17-4-1)38-32-39(37-18-5-2-6-19-37)34-41(33-38)56-50-27-13-9-22-44(50)46-24-15-29-53(54(46)56)57-51-28-14-10-23-45(51)47-35-40(30-31-52(47)57)55-48-25-11-7-20-42(48)43-21-8-12-26-49(43)55/h1-35H/i7D,8D,9D,10D,11D,12D,13D,14D,15D,20D,21D,22D,23D,24D,25D,26D,27D,28D,29D,30D,31D,35D. The highest BCUT2D eigenvalue weighted by atomic mass is 15.1. The van der Waals surface area contributed by atoms with Gasteiger partial charge < -0.3 is 13.7 Å². The third-order valence-corrected chi connectivity index (χ3v) is 10.2. The van der Waals surface area contributed by atoms with Gasteiger partial charge in [0.2, 0.25) is 0 Å². The van der Waals surface area contributed by atoms with E-state index in [0.717, 1.165) is 9.13 Å². The van der Waals surface area contributed by atoms with Crippen LogP contribution >= 0.6 is 0 Å². The van der Waals surface area contributed by atoms with Gasteiger partial charge >= 0.3 is 0 Å². The van der Waals surface area contributed by atoms with E-state index < -0.39 is 188 Å². The summed E-state index contributed by atoms with van der Waals surface area (Å²) in [5.41, 5.74) is -0.905. The van der Waals surface area contributed by atoms with Gasteiger partial charge in [0.1, 0.15) is 0 Å². The van der Waals surface area contributed by atoms with E-state index in [1.165, 1.54) is 4.57 Å².